The molecule has 2 heterocycles. The second-order valence-electron chi connectivity index (χ2n) is 7.20. The van der Waals surface area contributed by atoms with Gasteiger partial charge in [-0.05, 0) is 30.3 Å². The van der Waals surface area contributed by atoms with Crippen molar-refractivity contribution in [1.82, 2.24) is 10.2 Å². The van der Waals surface area contributed by atoms with E-state index in [0.29, 0.717) is 22.6 Å². The number of benzene rings is 2. The molecule has 1 aliphatic heterocycles. The number of nitrogens with one attached hydrogen (secondary N) is 3. The summed E-state index contributed by atoms with van der Waals surface area (Å²) in [6, 6.07) is 9.33. The molecule has 4 rings (SSSR count). The first-order chi connectivity index (χ1) is 14.9. The Labute approximate surface area is 176 Å². The van der Waals surface area contributed by atoms with Gasteiger partial charge in [0.2, 0.25) is 17.7 Å². The van der Waals surface area contributed by atoms with Crippen LogP contribution in [0.3, 0.4) is 0 Å². The molecule has 160 valence electrons. The van der Waals surface area contributed by atoms with Crippen molar-refractivity contribution in [2.45, 2.75) is 13.3 Å². The summed E-state index contributed by atoms with van der Waals surface area (Å²) in [7, 11) is 1.46. The van der Waals surface area contributed by atoms with Crippen molar-refractivity contribution in [3.05, 3.63) is 42.2 Å². The zero-order valence-electron chi connectivity index (χ0n) is 16.9. The van der Waals surface area contributed by atoms with E-state index in [0.717, 1.165) is 0 Å². The van der Waals surface area contributed by atoms with Gasteiger partial charge in [0.15, 0.2) is 5.82 Å². The number of carbonyl (C=O) groups is 3. The first-order valence-corrected chi connectivity index (χ1v) is 9.57. The lowest BCUT2D eigenvalue weighted by atomic mass is 10.1. The molecule has 1 unspecified atom stereocenters. The second-order valence-corrected chi connectivity index (χ2v) is 7.20. The molecular weight excluding hydrogens is 405 g/mol. The Morgan fingerprint density at radius 2 is 2.06 bits per heavy atom. The summed E-state index contributed by atoms with van der Waals surface area (Å²) < 4.78 is 19.6. The van der Waals surface area contributed by atoms with E-state index in [-0.39, 0.29) is 36.0 Å². The third-order valence-electron chi connectivity index (χ3n) is 5.05. The van der Waals surface area contributed by atoms with Gasteiger partial charge in [0, 0.05) is 25.6 Å². The Balaban J connectivity index is 1.54. The van der Waals surface area contributed by atoms with Crippen LogP contribution in [0.5, 0.6) is 5.75 Å². The molecule has 3 aromatic rings. The zero-order valence-corrected chi connectivity index (χ0v) is 16.9. The summed E-state index contributed by atoms with van der Waals surface area (Å²) in [6.45, 7) is 1.44. The number of hydrogen-bond donors (Lipinski definition) is 3. The number of fused-ring (bicyclic) bond motifs is 1. The molecule has 0 spiro atoms. The van der Waals surface area contributed by atoms with E-state index in [1.807, 2.05) is 0 Å². The fourth-order valence-corrected chi connectivity index (χ4v) is 3.62. The van der Waals surface area contributed by atoms with Gasteiger partial charge in [0.25, 0.3) is 0 Å². The fraction of sp³-hybridized carbons (Fsp3) is 0.238. The minimum Gasteiger partial charge on any atom is -0.495 e. The number of nitrogens with zero attached hydrogens (tertiary/aromatic N) is 2. The fourth-order valence-electron chi connectivity index (χ4n) is 3.62. The monoisotopic (exact) mass is 425 g/mol. The number of aromatic amines is 1. The van der Waals surface area contributed by atoms with Crippen LogP contribution in [-0.4, -0.2) is 41.6 Å². The normalized spacial score (nSPS) is 15.9. The highest BCUT2D eigenvalue weighted by Gasteiger charge is 2.37. The molecular formula is C21H20FN5O4. The number of amides is 3. The van der Waals surface area contributed by atoms with E-state index in [4.69, 9.17) is 4.74 Å². The van der Waals surface area contributed by atoms with Crippen molar-refractivity contribution in [3.8, 4) is 5.75 Å². The molecule has 1 saturated heterocycles. The summed E-state index contributed by atoms with van der Waals surface area (Å²) in [5.41, 5.74) is 1.32. The number of anilines is 3. The van der Waals surface area contributed by atoms with Gasteiger partial charge in [0.1, 0.15) is 11.6 Å². The lowest BCUT2D eigenvalue weighted by Crippen LogP contribution is -2.28. The average molecular weight is 425 g/mol. The number of hydrogen-bond acceptors (Lipinski definition) is 5. The van der Waals surface area contributed by atoms with Crippen molar-refractivity contribution >= 4 is 45.8 Å². The van der Waals surface area contributed by atoms with Gasteiger partial charge in [-0.15, -0.1) is 0 Å². The van der Waals surface area contributed by atoms with Crippen molar-refractivity contribution in [3.63, 3.8) is 0 Å². The third kappa shape index (κ3) is 3.91. The van der Waals surface area contributed by atoms with Crippen LogP contribution in [0.4, 0.5) is 21.6 Å². The third-order valence-corrected chi connectivity index (χ3v) is 5.05. The zero-order chi connectivity index (χ0) is 22.1. The highest BCUT2D eigenvalue weighted by atomic mass is 19.1. The molecule has 0 saturated carbocycles. The molecule has 1 fully saturated rings. The SMILES string of the molecule is COc1ccc(NC(C)=O)cc1NC(=O)C1CC(=O)N(c2n[nH]c3cccc(F)c23)C1. The Morgan fingerprint density at radius 3 is 2.81 bits per heavy atom. The van der Waals surface area contributed by atoms with E-state index < -0.39 is 17.6 Å². The Kier molecular flexibility index (Phi) is 5.28. The molecule has 1 atom stereocenters. The van der Waals surface area contributed by atoms with Crippen LogP contribution >= 0.6 is 0 Å². The van der Waals surface area contributed by atoms with Gasteiger partial charge in [-0.25, -0.2) is 4.39 Å². The van der Waals surface area contributed by atoms with E-state index in [1.54, 1.807) is 30.3 Å². The molecule has 9 nitrogen and oxygen atoms in total. The Bertz CT molecular complexity index is 1190. The first-order valence-electron chi connectivity index (χ1n) is 9.57. The molecule has 31 heavy (non-hydrogen) atoms. The molecule has 1 aromatic heterocycles. The Morgan fingerprint density at radius 1 is 1.26 bits per heavy atom. The minimum absolute atomic E-state index is 0.0393. The predicted molar refractivity (Wildman–Crippen MR) is 112 cm³/mol. The molecule has 0 bridgehead atoms. The summed E-state index contributed by atoms with van der Waals surface area (Å²) in [5.74, 6) is -1.56. The Hall–Kier alpha value is -3.95. The summed E-state index contributed by atoms with van der Waals surface area (Å²) >= 11 is 0. The van der Waals surface area contributed by atoms with Crippen molar-refractivity contribution in [2.75, 3.05) is 29.2 Å². The van der Waals surface area contributed by atoms with E-state index in [2.05, 4.69) is 20.8 Å². The number of rotatable bonds is 5. The topological polar surface area (TPSA) is 116 Å². The van der Waals surface area contributed by atoms with Gasteiger partial charge in [-0.1, -0.05) is 6.07 Å². The lowest BCUT2D eigenvalue weighted by molar-refractivity contribution is -0.122. The molecule has 1 aliphatic rings. The second kappa shape index (κ2) is 8.05. The van der Waals surface area contributed by atoms with Gasteiger partial charge >= 0.3 is 0 Å². The molecule has 0 radical (unpaired) electrons. The van der Waals surface area contributed by atoms with Crippen LogP contribution in [0.1, 0.15) is 13.3 Å². The summed E-state index contributed by atoms with van der Waals surface area (Å²) in [5, 5.41) is 12.4. The van der Waals surface area contributed by atoms with Crippen molar-refractivity contribution < 1.29 is 23.5 Å². The van der Waals surface area contributed by atoms with Crippen molar-refractivity contribution in [2.24, 2.45) is 5.92 Å². The maximum atomic E-state index is 14.3. The predicted octanol–water partition coefficient (Wildman–Crippen LogP) is 2.66. The van der Waals surface area contributed by atoms with Gasteiger partial charge in [-0.2, -0.15) is 5.10 Å². The molecule has 0 aliphatic carbocycles. The van der Waals surface area contributed by atoms with Gasteiger partial charge < -0.3 is 15.4 Å². The number of ether oxygens (including phenoxy) is 1. The number of methoxy groups -OCH3 is 1. The quantitative estimate of drug-likeness (QED) is 0.581. The van der Waals surface area contributed by atoms with Gasteiger partial charge in [-0.3, -0.25) is 24.4 Å². The largest absolute Gasteiger partial charge is 0.495 e. The number of H-pyrrole nitrogens is 1. The van der Waals surface area contributed by atoms with Crippen LogP contribution in [0.15, 0.2) is 36.4 Å². The minimum atomic E-state index is -0.667. The maximum Gasteiger partial charge on any atom is 0.229 e. The first kappa shape index (κ1) is 20.3. The number of carbonyl (C=O) groups excluding carboxylic acids is 3. The van der Waals surface area contributed by atoms with E-state index >= 15 is 0 Å². The van der Waals surface area contributed by atoms with Gasteiger partial charge in [0.05, 0.1) is 29.6 Å². The van der Waals surface area contributed by atoms with Crippen LogP contribution < -0.4 is 20.3 Å². The van der Waals surface area contributed by atoms with Crippen LogP contribution in [0, 0.1) is 11.7 Å². The highest BCUT2D eigenvalue weighted by Crippen LogP contribution is 2.33. The van der Waals surface area contributed by atoms with E-state index in [9.17, 15) is 18.8 Å². The number of aromatic nitrogens is 2. The molecule has 3 N–H and O–H groups in total. The maximum absolute atomic E-state index is 14.3. The van der Waals surface area contributed by atoms with E-state index in [1.165, 1.54) is 25.0 Å². The molecule has 2 aromatic carbocycles. The lowest BCUT2D eigenvalue weighted by Gasteiger charge is -2.16. The number of halogens is 1. The smallest absolute Gasteiger partial charge is 0.229 e. The van der Waals surface area contributed by atoms with Crippen LogP contribution in [-0.2, 0) is 14.4 Å². The van der Waals surface area contributed by atoms with Crippen LogP contribution in [0.25, 0.3) is 10.9 Å². The standard InChI is InChI=1S/C21H20FN5O4/c1-11(28)23-13-6-7-17(31-2)16(9-13)24-21(30)12-8-18(29)27(10-12)20-19-14(22)4-3-5-15(19)25-26-20/h3-7,9,12H,8,10H2,1-2H3,(H,23,28)(H,24,30)(H,25,26). The summed E-state index contributed by atoms with van der Waals surface area (Å²) in [4.78, 5) is 38.1. The summed E-state index contributed by atoms with van der Waals surface area (Å²) in [6.07, 6.45) is -0.0393. The highest BCUT2D eigenvalue weighted by molar-refractivity contribution is 6.07. The average Bonchev–Trinajstić information content (AvgIpc) is 3.32. The van der Waals surface area contributed by atoms with Crippen molar-refractivity contribution in [1.29, 1.82) is 0 Å². The van der Waals surface area contributed by atoms with Crippen LogP contribution in [0.2, 0.25) is 0 Å². The molecule has 3 amide bonds. The molecule has 10 heteroatoms.